The molecule has 2 aliphatic heterocycles. The van der Waals surface area contributed by atoms with Crippen LogP contribution in [0.25, 0.3) is 5.57 Å². The maximum absolute atomic E-state index is 14.2. The maximum atomic E-state index is 14.2. The molecule has 0 amide bonds. The van der Waals surface area contributed by atoms with Gasteiger partial charge < -0.3 is 10.2 Å². The summed E-state index contributed by atoms with van der Waals surface area (Å²) < 4.78 is 99.0. The van der Waals surface area contributed by atoms with E-state index in [9.17, 15) is 30.0 Å². The van der Waals surface area contributed by atoms with Crippen LogP contribution in [-0.2, 0) is 32.8 Å². The van der Waals surface area contributed by atoms with E-state index in [4.69, 9.17) is 11.6 Å². The van der Waals surface area contributed by atoms with E-state index in [-0.39, 0.29) is 16.9 Å². The van der Waals surface area contributed by atoms with Gasteiger partial charge in [0, 0.05) is 53.0 Å². The first-order valence-electron chi connectivity index (χ1n) is 21.6. The molecule has 7 rings (SSSR count). The van der Waals surface area contributed by atoms with Crippen LogP contribution in [-0.4, -0.2) is 112 Å². The minimum Gasteiger partial charge on any atom is -0.380 e. The molecule has 346 valence electrons. The highest BCUT2D eigenvalue weighted by atomic mass is 35.5. The van der Waals surface area contributed by atoms with E-state index in [0.717, 1.165) is 73.8 Å². The van der Waals surface area contributed by atoms with Gasteiger partial charge in [0.25, 0.3) is 19.9 Å². The zero-order valence-electron chi connectivity index (χ0n) is 36.7. The van der Waals surface area contributed by atoms with E-state index in [2.05, 4.69) is 55.8 Å². The van der Waals surface area contributed by atoms with Crippen molar-refractivity contribution in [3.8, 4) is 0 Å². The molecule has 1 aromatic heterocycles. The molecular weight excluding hydrogens is 903 g/mol. The number of likely N-dealkylation sites (tertiary alicyclic amines) is 1. The molecule has 1 atom stereocenters. The number of aromatic nitrogens is 2. The van der Waals surface area contributed by atoms with Gasteiger partial charge in [-0.2, -0.15) is 13.2 Å². The van der Waals surface area contributed by atoms with Crippen LogP contribution >= 0.6 is 23.4 Å². The van der Waals surface area contributed by atoms with Crippen LogP contribution < -0.4 is 10.0 Å². The molecule has 1 saturated heterocycles. The largest absolute Gasteiger partial charge is 0.501 e. The van der Waals surface area contributed by atoms with Crippen molar-refractivity contribution in [1.82, 2.24) is 24.7 Å². The topological polar surface area (TPSA) is 128 Å². The monoisotopic (exact) mass is 959 g/mol. The molecule has 4 aromatic rings. The number of thioether (sulfide) groups is 1. The van der Waals surface area contributed by atoms with Crippen molar-refractivity contribution < 1.29 is 30.0 Å². The standard InChI is InChI=1S/C46H57ClF3N7O4S3/c1-45(2)21-16-39(32-10-12-34(47)13-11-32)33(27-45)28-56-23-18-36(19-24-56)57-25-20-40-42(29-57)51-31-52-44(40)54-64(60,61)38-14-15-41(43(26-38)63(58,59)46(48,49)50)53-35(17-22-55(3)4)30-62-37-8-6-5-7-9-37/h5-15,26,31,35-36,53H,16-25,27-30H2,1-4H3,(H,51,52,54). The fourth-order valence-electron chi connectivity index (χ4n) is 8.92. The molecule has 0 spiro atoms. The molecule has 1 fully saturated rings. The number of hydrogen-bond donors (Lipinski definition) is 2. The SMILES string of the molecule is CN(C)CCC(CSc1ccccc1)Nc1ccc(S(=O)(=O)Nc2ncnc3c2CCN(C2CCN(CC4=C(c5ccc(Cl)cc5)CCC(C)(C)C4)CC2)C3)cc1S(=O)(=O)C(F)(F)F. The Morgan fingerprint density at radius 1 is 0.953 bits per heavy atom. The van der Waals surface area contributed by atoms with Crippen LogP contribution in [0.3, 0.4) is 0 Å². The first kappa shape index (κ1) is 48.2. The number of sulfone groups is 1. The molecule has 18 heteroatoms. The predicted octanol–water partition coefficient (Wildman–Crippen LogP) is 9.24. The third-order valence-electron chi connectivity index (χ3n) is 12.5. The lowest BCUT2D eigenvalue weighted by atomic mass is 9.72. The first-order chi connectivity index (χ1) is 30.3. The summed E-state index contributed by atoms with van der Waals surface area (Å²) in [6.45, 7) is 9.22. The lowest BCUT2D eigenvalue weighted by Crippen LogP contribution is -2.47. The van der Waals surface area contributed by atoms with E-state index in [1.165, 1.54) is 34.8 Å². The summed E-state index contributed by atoms with van der Waals surface area (Å²) in [6, 6.07) is 20.2. The van der Waals surface area contributed by atoms with Gasteiger partial charge in [-0.15, -0.1) is 11.8 Å². The summed E-state index contributed by atoms with van der Waals surface area (Å²) in [4.78, 5) is 14.7. The van der Waals surface area contributed by atoms with Crippen molar-refractivity contribution in [2.24, 2.45) is 5.41 Å². The van der Waals surface area contributed by atoms with Gasteiger partial charge in [0.2, 0.25) is 0 Å². The Balaban J connectivity index is 1.04. The number of nitrogens with zero attached hydrogens (tertiary/aromatic N) is 5. The van der Waals surface area contributed by atoms with Gasteiger partial charge in [0.1, 0.15) is 17.0 Å². The second kappa shape index (κ2) is 20.0. The predicted molar refractivity (Wildman–Crippen MR) is 250 cm³/mol. The number of benzene rings is 3. The van der Waals surface area contributed by atoms with Crippen LogP contribution in [0.15, 0.2) is 99.4 Å². The molecule has 3 heterocycles. The number of halogens is 4. The zero-order valence-corrected chi connectivity index (χ0v) is 39.9. The summed E-state index contributed by atoms with van der Waals surface area (Å²) in [5.41, 5.74) is -0.322. The zero-order chi connectivity index (χ0) is 45.9. The average molecular weight is 961 g/mol. The summed E-state index contributed by atoms with van der Waals surface area (Å²) >= 11 is 7.69. The molecule has 0 saturated carbocycles. The quantitative estimate of drug-likeness (QED) is 0.104. The second-order valence-electron chi connectivity index (χ2n) is 18.1. The van der Waals surface area contributed by atoms with Crippen molar-refractivity contribution in [3.05, 3.63) is 107 Å². The number of piperidine rings is 1. The Bertz CT molecular complexity index is 2520. The molecule has 64 heavy (non-hydrogen) atoms. The minimum absolute atomic E-state index is 0.0174. The van der Waals surface area contributed by atoms with E-state index in [1.807, 2.05) is 61.5 Å². The molecule has 0 radical (unpaired) electrons. The maximum Gasteiger partial charge on any atom is 0.501 e. The molecule has 3 aliphatic rings. The molecule has 11 nitrogen and oxygen atoms in total. The van der Waals surface area contributed by atoms with Gasteiger partial charge >= 0.3 is 5.51 Å². The van der Waals surface area contributed by atoms with Crippen molar-refractivity contribution in [2.45, 2.75) is 97.6 Å². The number of allylic oxidation sites excluding steroid dienone is 1. The van der Waals surface area contributed by atoms with E-state index >= 15 is 0 Å². The van der Waals surface area contributed by atoms with Gasteiger partial charge in [-0.05, 0) is 138 Å². The minimum atomic E-state index is -5.98. The summed E-state index contributed by atoms with van der Waals surface area (Å²) in [6.07, 6.45) is 7.39. The molecule has 0 bridgehead atoms. The van der Waals surface area contributed by atoms with Crippen molar-refractivity contribution >= 4 is 60.3 Å². The molecule has 1 unspecified atom stereocenters. The highest BCUT2D eigenvalue weighted by Crippen LogP contribution is 2.43. The smallest absolute Gasteiger partial charge is 0.380 e. The molecule has 1 aliphatic carbocycles. The average Bonchev–Trinajstić information content (AvgIpc) is 3.25. The Morgan fingerprint density at radius 2 is 1.67 bits per heavy atom. The number of fused-ring (bicyclic) bond motifs is 1. The van der Waals surface area contributed by atoms with Crippen LogP contribution in [0.5, 0.6) is 0 Å². The van der Waals surface area contributed by atoms with Crippen LogP contribution in [0.1, 0.15) is 69.2 Å². The third-order valence-corrected chi connectivity index (χ3v) is 16.7. The number of sulfonamides is 1. The molecule has 3 aromatic carbocycles. The van der Waals surface area contributed by atoms with Gasteiger partial charge in [0.15, 0.2) is 0 Å². The lowest BCUT2D eigenvalue weighted by Gasteiger charge is -2.42. The fraction of sp³-hybridized carbons (Fsp3) is 0.478. The number of hydrogen-bond acceptors (Lipinski definition) is 11. The molecular formula is C46H57ClF3N7O4S3. The highest BCUT2D eigenvalue weighted by Gasteiger charge is 2.48. The fourth-order valence-corrected chi connectivity index (χ4v) is 12.1. The number of anilines is 2. The van der Waals surface area contributed by atoms with Gasteiger partial charge in [-0.1, -0.05) is 61.4 Å². The number of rotatable bonds is 16. The Labute approximate surface area is 385 Å². The molecule has 2 N–H and O–H groups in total. The second-order valence-corrected chi connectivity index (χ2v) is 23.2. The lowest BCUT2D eigenvalue weighted by molar-refractivity contribution is -0.0435. The van der Waals surface area contributed by atoms with Crippen LogP contribution in [0, 0.1) is 5.41 Å². The van der Waals surface area contributed by atoms with Gasteiger partial charge in [0.05, 0.1) is 16.3 Å². The summed E-state index contributed by atoms with van der Waals surface area (Å²) in [5, 5.41) is 3.74. The van der Waals surface area contributed by atoms with Crippen molar-refractivity contribution in [1.29, 1.82) is 0 Å². The number of nitrogens with one attached hydrogen (secondary N) is 2. The van der Waals surface area contributed by atoms with Crippen LogP contribution in [0.2, 0.25) is 5.02 Å². The third kappa shape index (κ3) is 11.8. The van der Waals surface area contributed by atoms with Crippen molar-refractivity contribution in [2.75, 3.05) is 62.6 Å². The van der Waals surface area contributed by atoms with Gasteiger partial charge in [-0.3, -0.25) is 14.5 Å². The highest BCUT2D eigenvalue weighted by molar-refractivity contribution is 7.99. The Morgan fingerprint density at radius 3 is 2.36 bits per heavy atom. The normalized spacial score (nSPS) is 18.5. The Hall–Kier alpha value is -3.71. The Kier molecular flexibility index (Phi) is 15.1. The van der Waals surface area contributed by atoms with E-state index < -0.39 is 41.2 Å². The van der Waals surface area contributed by atoms with Crippen LogP contribution in [0.4, 0.5) is 24.7 Å². The number of alkyl halides is 3. The summed E-state index contributed by atoms with van der Waals surface area (Å²) in [7, 11) is -6.87. The summed E-state index contributed by atoms with van der Waals surface area (Å²) in [5.74, 6) is 0.424. The van der Waals surface area contributed by atoms with Gasteiger partial charge in [-0.25, -0.2) is 26.8 Å². The first-order valence-corrected chi connectivity index (χ1v) is 25.9. The van der Waals surface area contributed by atoms with E-state index in [1.54, 1.807) is 0 Å². The van der Waals surface area contributed by atoms with Crippen molar-refractivity contribution in [3.63, 3.8) is 0 Å². The van der Waals surface area contributed by atoms with E-state index in [0.29, 0.717) is 61.6 Å².